The van der Waals surface area contributed by atoms with Gasteiger partial charge in [-0.1, -0.05) is 6.92 Å². The summed E-state index contributed by atoms with van der Waals surface area (Å²) < 4.78 is 45.3. The van der Waals surface area contributed by atoms with Crippen LogP contribution >= 0.6 is 0 Å². The Labute approximate surface area is 120 Å². The molecule has 0 saturated carbocycles. The third-order valence-corrected chi connectivity index (χ3v) is 2.82. The van der Waals surface area contributed by atoms with Crippen molar-refractivity contribution in [3.63, 3.8) is 0 Å². The molecule has 5 heteroatoms. The van der Waals surface area contributed by atoms with E-state index in [0.29, 0.717) is 24.5 Å². The van der Waals surface area contributed by atoms with E-state index in [1.54, 1.807) is 12.1 Å². The fraction of sp³-hybridized carbons (Fsp3) is 0.188. The van der Waals surface area contributed by atoms with Crippen LogP contribution in [0.3, 0.4) is 0 Å². The van der Waals surface area contributed by atoms with E-state index in [0.717, 1.165) is 6.42 Å². The number of rotatable bonds is 5. The van der Waals surface area contributed by atoms with Gasteiger partial charge in [-0.25, -0.2) is 13.2 Å². The molecule has 110 valence electrons. The summed E-state index contributed by atoms with van der Waals surface area (Å²) in [6.45, 7) is 2.49. The Bertz CT molecular complexity index is 628. The molecule has 0 aliphatic heterocycles. The molecule has 2 aromatic carbocycles. The number of carbonyl (C=O) groups is 1. The molecule has 0 spiro atoms. The molecule has 2 rings (SSSR count). The highest BCUT2D eigenvalue weighted by Gasteiger charge is 2.20. The molecule has 0 atom stereocenters. The van der Waals surface area contributed by atoms with Crippen LogP contribution in [0.2, 0.25) is 0 Å². The second kappa shape index (κ2) is 6.43. The Kier molecular flexibility index (Phi) is 4.62. The first kappa shape index (κ1) is 15.1. The lowest BCUT2D eigenvalue weighted by Crippen LogP contribution is -2.08. The molecule has 0 radical (unpaired) electrons. The standard InChI is InChI=1S/C16H13F3O2/c1-2-7-21-12-5-3-10(4-6-12)16(20)15-13(18)8-11(17)9-14(15)19/h3-6,8-9H,2,7H2,1H3. The lowest BCUT2D eigenvalue weighted by Gasteiger charge is -2.07. The Hall–Kier alpha value is -2.30. The molecule has 0 aromatic heterocycles. The van der Waals surface area contributed by atoms with Crippen LogP contribution < -0.4 is 4.74 Å². The van der Waals surface area contributed by atoms with Crippen molar-refractivity contribution in [3.05, 3.63) is 65.0 Å². The summed E-state index contributed by atoms with van der Waals surface area (Å²) in [5, 5.41) is 0. The summed E-state index contributed by atoms with van der Waals surface area (Å²) in [7, 11) is 0. The fourth-order valence-electron chi connectivity index (χ4n) is 1.83. The van der Waals surface area contributed by atoms with Gasteiger partial charge in [-0.05, 0) is 30.7 Å². The van der Waals surface area contributed by atoms with Crippen molar-refractivity contribution in [1.29, 1.82) is 0 Å². The molecule has 2 aromatic rings. The first-order valence-corrected chi connectivity index (χ1v) is 6.45. The molecule has 0 unspecified atom stereocenters. The van der Waals surface area contributed by atoms with Crippen LogP contribution in [0.4, 0.5) is 13.2 Å². The minimum Gasteiger partial charge on any atom is -0.494 e. The summed E-state index contributed by atoms with van der Waals surface area (Å²) in [5.41, 5.74) is -0.665. The molecule has 0 amide bonds. The zero-order valence-electron chi connectivity index (χ0n) is 11.3. The predicted octanol–water partition coefficient (Wildman–Crippen LogP) is 4.12. The van der Waals surface area contributed by atoms with Crippen LogP contribution in [0, 0.1) is 17.5 Å². The highest BCUT2D eigenvalue weighted by molar-refractivity contribution is 6.09. The van der Waals surface area contributed by atoms with Crippen LogP contribution in [0.25, 0.3) is 0 Å². The van der Waals surface area contributed by atoms with E-state index in [9.17, 15) is 18.0 Å². The minimum atomic E-state index is -1.22. The number of benzene rings is 2. The number of halogens is 3. The Morgan fingerprint density at radius 3 is 2.14 bits per heavy atom. The minimum absolute atomic E-state index is 0.100. The van der Waals surface area contributed by atoms with E-state index < -0.39 is 28.8 Å². The molecule has 2 nitrogen and oxygen atoms in total. The summed E-state index contributed by atoms with van der Waals surface area (Å²) in [4.78, 5) is 12.1. The molecule has 0 fully saturated rings. The Balaban J connectivity index is 2.28. The lowest BCUT2D eigenvalue weighted by molar-refractivity contribution is 0.103. The van der Waals surface area contributed by atoms with Gasteiger partial charge in [0.1, 0.15) is 23.2 Å². The second-order valence-corrected chi connectivity index (χ2v) is 4.45. The zero-order chi connectivity index (χ0) is 15.4. The molecule has 21 heavy (non-hydrogen) atoms. The maximum atomic E-state index is 13.6. The van der Waals surface area contributed by atoms with Crippen LogP contribution in [-0.2, 0) is 0 Å². The number of hydrogen-bond acceptors (Lipinski definition) is 2. The van der Waals surface area contributed by atoms with Gasteiger partial charge in [-0.15, -0.1) is 0 Å². The predicted molar refractivity (Wildman–Crippen MR) is 72.0 cm³/mol. The van der Waals surface area contributed by atoms with Gasteiger partial charge in [-0.3, -0.25) is 4.79 Å². The number of ether oxygens (including phenoxy) is 1. The zero-order valence-corrected chi connectivity index (χ0v) is 11.3. The molecule has 0 aliphatic rings. The number of ketones is 1. The Morgan fingerprint density at radius 2 is 1.62 bits per heavy atom. The lowest BCUT2D eigenvalue weighted by atomic mass is 10.0. The molecule has 0 bridgehead atoms. The van der Waals surface area contributed by atoms with Crippen molar-refractivity contribution in [2.45, 2.75) is 13.3 Å². The number of hydrogen-bond donors (Lipinski definition) is 0. The smallest absolute Gasteiger partial charge is 0.198 e. The van der Waals surface area contributed by atoms with Gasteiger partial charge in [0, 0.05) is 17.7 Å². The fourth-order valence-corrected chi connectivity index (χ4v) is 1.83. The van der Waals surface area contributed by atoms with E-state index in [4.69, 9.17) is 4.74 Å². The number of carbonyl (C=O) groups excluding carboxylic acids is 1. The first-order valence-electron chi connectivity index (χ1n) is 6.45. The Morgan fingerprint density at radius 1 is 1.05 bits per heavy atom. The molecule has 0 aliphatic carbocycles. The summed E-state index contributed by atoms with van der Waals surface area (Å²) >= 11 is 0. The van der Waals surface area contributed by atoms with Crippen molar-refractivity contribution in [2.24, 2.45) is 0 Å². The summed E-state index contributed by atoms with van der Waals surface area (Å²) in [6, 6.07) is 6.87. The van der Waals surface area contributed by atoms with Gasteiger partial charge in [0.15, 0.2) is 5.78 Å². The molecular weight excluding hydrogens is 281 g/mol. The monoisotopic (exact) mass is 294 g/mol. The maximum Gasteiger partial charge on any atom is 0.198 e. The van der Waals surface area contributed by atoms with Crippen LogP contribution in [0.1, 0.15) is 29.3 Å². The average molecular weight is 294 g/mol. The summed E-state index contributed by atoms with van der Waals surface area (Å²) in [6.07, 6.45) is 0.840. The third kappa shape index (κ3) is 3.42. The quantitative estimate of drug-likeness (QED) is 0.775. The van der Waals surface area contributed by atoms with Crippen LogP contribution in [0.5, 0.6) is 5.75 Å². The van der Waals surface area contributed by atoms with Gasteiger partial charge in [0.2, 0.25) is 0 Å². The van der Waals surface area contributed by atoms with Gasteiger partial charge >= 0.3 is 0 Å². The van der Waals surface area contributed by atoms with E-state index in [1.165, 1.54) is 12.1 Å². The van der Waals surface area contributed by atoms with Crippen molar-refractivity contribution in [1.82, 2.24) is 0 Å². The molecule has 0 saturated heterocycles. The average Bonchev–Trinajstić information content (AvgIpc) is 2.44. The second-order valence-electron chi connectivity index (χ2n) is 4.45. The van der Waals surface area contributed by atoms with Gasteiger partial charge in [-0.2, -0.15) is 0 Å². The van der Waals surface area contributed by atoms with Gasteiger partial charge < -0.3 is 4.74 Å². The van der Waals surface area contributed by atoms with Gasteiger partial charge in [0.25, 0.3) is 0 Å². The topological polar surface area (TPSA) is 26.3 Å². The van der Waals surface area contributed by atoms with E-state index in [2.05, 4.69) is 0 Å². The maximum absolute atomic E-state index is 13.6. The highest BCUT2D eigenvalue weighted by atomic mass is 19.1. The highest BCUT2D eigenvalue weighted by Crippen LogP contribution is 2.20. The summed E-state index contributed by atoms with van der Waals surface area (Å²) in [5.74, 6) is -3.78. The molecule has 0 heterocycles. The molecular formula is C16H13F3O2. The van der Waals surface area contributed by atoms with Crippen molar-refractivity contribution < 1.29 is 22.7 Å². The van der Waals surface area contributed by atoms with Gasteiger partial charge in [0.05, 0.1) is 12.2 Å². The molecule has 0 N–H and O–H groups in total. The third-order valence-electron chi connectivity index (χ3n) is 2.82. The van der Waals surface area contributed by atoms with E-state index in [1.807, 2.05) is 6.92 Å². The van der Waals surface area contributed by atoms with E-state index >= 15 is 0 Å². The SMILES string of the molecule is CCCOc1ccc(C(=O)c2c(F)cc(F)cc2F)cc1. The largest absolute Gasteiger partial charge is 0.494 e. The normalized spacial score (nSPS) is 10.5. The van der Waals surface area contributed by atoms with Crippen LogP contribution in [0.15, 0.2) is 36.4 Å². The van der Waals surface area contributed by atoms with Crippen molar-refractivity contribution >= 4 is 5.78 Å². The van der Waals surface area contributed by atoms with Crippen LogP contribution in [-0.4, -0.2) is 12.4 Å². The van der Waals surface area contributed by atoms with Crippen molar-refractivity contribution in [2.75, 3.05) is 6.61 Å². The van der Waals surface area contributed by atoms with Crippen molar-refractivity contribution in [3.8, 4) is 5.75 Å². The van der Waals surface area contributed by atoms with E-state index in [-0.39, 0.29) is 5.56 Å². The first-order chi connectivity index (χ1) is 10.0.